The van der Waals surface area contributed by atoms with E-state index in [1.165, 1.54) is 0 Å². The van der Waals surface area contributed by atoms with E-state index < -0.39 is 5.97 Å². The van der Waals surface area contributed by atoms with Crippen LogP contribution in [0.2, 0.25) is 0 Å². The molecule has 2 aromatic rings. The molecule has 0 saturated carbocycles. The molecule has 5 nitrogen and oxygen atoms in total. The molecular formula is C13H15N3O2. The third kappa shape index (κ3) is 2.74. The minimum absolute atomic E-state index is 0.0749. The van der Waals surface area contributed by atoms with Crippen LogP contribution in [0.3, 0.4) is 0 Å². The predicted octanol–water partition coefficient (Wildman–Crippen LogP) is 1.90. The van der Waals surface area contributed by atoms with Crippen LogP contribution in [0.15, 0.2) is 24.4 Å². The number of hydrogen-bond acceptors (Lipinski definition) is 3. The maximum atomic E-state index is 10.5. The molecule has 94 valence electrons. The van der Waals surface area contributed by atoms with E-state index in [4.69, 9.17) is 5.11 Å². The van der Waals surface area contributed by atoms with Crippen molar-refractivity contribution in [3.05, 3.63) is 41.2 Å². The van der Waals surface area contributed by atoms with Gasteiger partial charge in [-0.25, -0.2) is 4.68 Å². The van der Waals surface area contributed by atoms with Crippen LogP contribution in [-0.2, 0) is 11.2 Å². The number of carboxylic acid groups (broad SMARTS) is 1. The Hall–Kier alpha value is -2.17. The second-order valence-electron chi connectivity index (χ2n) is 4.34. The van der Waals surface area contributed by atoms with Crippen molar-refractivity contribution < 1.29 is 9.90 Å². The summed E-state index contributed by atoms with van der Waals surface area (Å²) in [4.78, 5) is 10.5. The van der Waals surface area contributed by atoms with Gasteiger partial charge in [-0.1, -0.05) is 17.3 Å². The van der Waals surface area contributed by atoms with Gasteiger partial charge in [-0.3, -0.25) is 4.79 Å². The molecule has 1 heterocycles. The summed E-state index contributed by atoms with van der Waals surface area (Å²) in [5, 5.41) is 16.6. The van der Waals surface area contributed by atoms with E-state index in [0.29, 0.717) is 12.1 Å². The minimum atomic E-state index is -0.823. The second kappa shape index (κ2) is 5.00. The third-order valence-electron chi connectivity index (χ3n) is 2.75. The Balaban J connectivity index is 2.23. The first-order valence-corrected chi connectivity index (χ1v) is 5.77. The summed E-state index contributed by atoms with van der Waals surface area (Å²) in [6, 6.07) is 6.11. The third-order valence-corrected chi connectivity index (χ3v) is 2.75. The second-order valence-corrected chi connectivity index (χ2v) is 4.34. The van der Waals surface area contributed by atoms with Gasteiger partial charge in [0.2, 0.25) is 0 Å². The molecular weight excluding hydrogens is 230 g/mol. The molecule has 1 aromatic carbocycles. The zero-order valence-corrected chi connectivity index (χ0v) is 10.4. The molecule has 0 aliphatic heterocycles. The fraction of sp³-hybridized carbons (Fsp3) is 0.308. The maximum absolute atomic E-state index is 10.5. The molecule has 1 aromatic heterocycles. The fourth-order valence-electron chi connectivity index (χ4n) is 1.73. The van der Waals surface area contributed by atoms with Crippen LogP contribution in [0.25, 0.3) is 5.69 Å². The van der Waals surface area contributed by atoms with E-state index in [1.54, 1.807) is 10.9 Å². The summed E-state index contributed by atoms with van der Waals surface area (Å²) in [5.74, 6) is -0.823. The fourth-order valence-corrected chi connectivity index (χ4v) is 1.73. The van der Waals surface area contributed by atoms with Crippen molar-refractivity contribution >= 4 is 5.97 Å². The van der Waals surface area contributed by atoms with Crippen LogP contribution in [0.4, 0.5) is 0 Å². The molecule has 2 rings (SSSR count). The smallest absolute Gasteiger partial charge is 0.303 e. The highest BCUT2D eigenvalue weighted by atomic mass is 16.4. The predicted molar refractivity (Wildman–Crippen MR) is 66.8 cm³/mol. The molecule has 0 atom stereocenters. The molecule has 0 aliphatic rings. The summed E-state index contributed by atoms with van der Waals surface area (Å²) < 4.78 is 1.69. The number of carbonyl (C=O) groups is 1. The Morgan fingerprint density at radius 1 is 1.39 bits per heavy atom. The topological polar surface area (TPSA) is 68.0 Å². The number of nitrogens with zero attached hydrogens (tertiary/aromatic N) is 3. The summed E-state index contributed by atoms with van der Waals surface area (Å²) in [5.41, 5.74) is 3.93. The minimum Gasteiger partial charge on any atom is -0.481 e. The van der Waals surface area contributed by atoms with Gasteiger partial charge in [0.05, 0.1) is 24.0 Å². The Morgan fingerprint density at radius 3 is 2.89 bits per heavy atom. The lowest BCUT2D eigenvalue weighted by Gasteiger charge is -2.05. The molecule has 5 heteroatoms. The van der Waals surface area contributed by atoms with Gasteiger partial charge in [0.25, 0.3) is 0 Å². The average molecular weight is 245 g/mol. The Bertz CT molecular complexity index is 575. The van der Waals surface area contributed by atoms with E-state index in [2.05, 4.69) is 10.3 Å². The molecule has 0 amide bonds. The highest BCUT2D eigenvalue weighted by molar-refractivity contribution is 5.66. The molecule has 0 saturated heterocycles. The van der Waals surface area contributed by atoms with E-state index >= 15 is 0 Å². The van der Waals surface area contributed by atoms with Crippen LogP contribution in [-0.4, -0.2) is 26.1 Å². The quantitative estimate of drug-likeness (QED) is 0.893. The number of hydrogen-bond donors (Lipinski definition) is 1. The Labute approximate surface area is 105 Å². The highest BCUT2D eigenvalue weighted by Crippen LogP contribution is 2.15. The first kappa shape index (κ1) is 12.3. The summed E-state index contributed by atoms with van der Waals surface area (Å²) in [6.07, 6.45) is 2.26. The molecule has 18 heavy (non-hydrogen) atoms. The van der Waals surface area contributed by atoms with Gasteiger partial charge in [0, 0.05) is 6.42 Å². The summed E-state index contributed by atoms with van der Waals surface area (Å²) in [7, 11) is 0. The van der Waals surface area contributed by atoms with Crippen molar-refractivity contribution in [1.82, 2.24) is 15.0 Å². The highest BCUT2D eigenvalue weighted by Gasteiger charge is 2.07. The zero-order chi connectivity index (χ0) is 13.1. The maximum Gasteiger partial charge on any atom is 0.303 e. The number of aryl methyl sites for hydroxylation is 3. The number of rotatable bonds is 4. The number of carboxylic acids is 1. The van der Waals surface area contributed by atoms with Crippen LogP contribution in [0.1, 0.15) is 23.2 Å². The van der Waals surface area contributed by atoms with Gasteiger partial charge >= 0.3 is 5.97 Å². The average Bonchev–Trinajstić information content (AvgIpc) is 2.78. The van der Waals surface area contributed by atoms with Crippen molar-refractivity contribution in [3.63, 3.8) is 0 Å². The first-order chi connectivity index (χ1) is 8.56. The standard InChI is InChI=1S/C13H15N3O2/c1-9-3-4-10(2)12(7-9)16-8-11(14-15-16)5-6-13(17)18/h3-4,7-8H,5-6H2,1-2H3,(H,17,18). The molecule has 0 spiro atoms. The normalized spacial score (nSPS) is 10.6. The van der Waals surface area contributed by atoms with E-state index in [1.807, 2.05) is 32.0 Å². The number of aliphatic carboxylic acids is 1. The summed E-state index contributed by atoms with van der Waals surface area (Å²) >= 11 is 0. The van der Waals surface area contributed by atoms with Crippen molar-refractivity contribution in [2.24, 2.45) is 0 Å². The summed E-state index contributed by atoms with van der Waals surface area (Å²) in [6.45, 7) is 4.03. The van der Waals surface area contributed by atoms with Gasteiger partial charge in [0.15, 0.2) is 0 Å². The van der Waals surface area contributed by atoms with Crippen molar-refractivity contribution in [3.8, 4) is 5.69 Å². The Morgan fingerprint density at radius 2 is 2.17 bits per heavy atom. The largest absolute Gasteiger partial charge is 0.481 e. The molecule has 1 N–H and O–H groups in total. The van der Waals surface area contributed by atoms with E-state index in [-0.39, 0.29) is 6.42 Å². The SMILES string of the molecule is Cc1ccc(C)c(-n2cc(CCC(=O)O)nn2)c1. The monoisotopic (exact) mass is 245 g/mol. The molecule has 0 radical (unpaired) electrons. The Kier molecular flexibility index (Phi) is 3.41. The lowest BCUT2D eigenvalue weighted by molar-refractivity contribution is -0.136. The van der Waals surface area contributed by atoms with Crippen molar-refractivity contribution in [2.45, 2.75) is 26.7 Å². The van der Waals surface area contributed by atoms with E-state index in [0.717, 1.165) is 16.8 Å². The van der Waals surface area contributed by atoms with Gasteiger partial charge < -0.3 is 5.11 Å². The van der Waals surface area contributed by atoms with E-state index in [9.17, 15) is 4.79 Å². The molecule has 0 bridgehead atoms. The molecule has 0 aliphatic carbocycles. The van der Waals surface area contributed by atoms with Crippen molar-refractivity contribution in [2.75, 3.05) is 0 Å². The molecule has 0 fully saturated rings. The van der Waals surface area contributed by atoms with Gasteiger partial charge in [-0.15, -0.1) is 5.10 Å². The first-order valence-electron chi connectivity index (χ1n) is 5.77. The number of aromatic nitrogens is 3. The zero-order valence-electron chi connectivity index (χ0n) is 10.4. The van der Waals surface area contributed by atoms with Crippen LogP contribution < -0.4 is 0 Å². The van der Waals surface area contributed by atoms with Crippen LogP contribution in [0, 0.1) is 13.8 Å². The number of benzene rings is 1. The van der Waals surface area contributed by atoms with Crippen molar-refractivity contribution in [1.29, 1.82) is 0 Å². The van der Waals surface area contributed by atoms with Gasteiger partial charge in [0.1, 0.15) is 0 Å². The lowest BCUT2D eigenvalue weighted by atomic mass is 10.1. The van der Waals surface area contributed by atoms with Gasteiger partial charge in [-0.2, -0.15) is 0 Å². The van der Waals surface area contributed by atoms with Gasteiger partial charge in [-0.05, 0) is 31.0 Å². The molecule has 0 unspecified atom stereocenters. The lowest BCUT2D eigenvalue weighted by Crippen LogP contribution is -1.98. The van der Waals surface area contributed by atoms with Crippen LogP contribution in [0.5, 0.6) is 0 Å². The van der Waals surface area contributed by atoms with Crippen LogP contribution >= 0.6 is 0 Å².